The van der Waals surface area contributed by atoms with E-state index >= 15 is 0 Å². The van der Waals surface area contributed by atoms with Crippen molar-refractivity contribution in [2.45, 2.75) is 19.3 Å². The number of hydrogen-bond donors (Lipinski definition) is 2. The summed E-state index contributed by atoms with van der Waals surface area (Å²) in [7, 11) is 1.64. The van der Waals surface area contributed by atoms with Gasteiger partial charge < -0.3 is 10.1 Å². The van der Waals surface area contributed by atoms with Crippen LogP contribution in [0.25, 0.3) is 0 Å². The minimum atomic E-state index is 0.0698. The Bertz CT molecular complexity index is 521. The van der Waals surface area contributed by atoms with Gasteiger partial charge in [0, 0.05) is 31.3 Å². The predicted octanol–water partition coefficient (Wildman–Crippen LogP) is 1.71. The maximum atomic E-state index is 11.7. The molecule has 0 unspecified atom stereocenters. The molecule has 1 aromatic heterocycles. The third kappa shape index (κ3) is 4.42. The number of nitrogens with one attached hydrogen (secondary N) is 2. The minimum Gasteiger partial charge on any atom is -0.497 e. The van der Waals surface area contributed by atoms with E-state index in [0.717, 1.165) is 29.8 Å². The molecule has 0 spiro atoms. The number of aromatic nitrogens is 2. The molecule has 0 saturated carbocycles. The molecule has 0 bridgehead atoms. The van der Waals surface area contributed by atoms with Crippen LogP contribution in [0.1, 0.15) is 17.7 Å². The quantitative estimate of drug-likeness (QED) is 0.807. The molecule has 0 atom stereocenters. The van der Waals surface area contributed by atoms with E-state index in [1.807, 2.05) is 30.3 Å². The van der Waals surface area contributed by atoms with Gasteiger partial charge in [-0.15, -0.1) is 0 Å². The SMILES string of the molecule is COc1ccc(CCC(=O)NCCc2ccn[nH]2)cc1. The normalized spacial score (nSPS) is 10.2. The van der Waals surface area contributed by atoms with E-state index in [1.165, 1.54) is 0 Å². The highest BCUT2D eigenvalue weighted by molar-refractivity contribution is 5.76. The number of rotatable bonds is 7. The maximum Gasteiger partial charge on any atom is 0.220 e. The second-order valence-electron chi connectivity index (χ2n) is 4.53. The topological polar surface area (TPSA) is 67.0 Å². The lowest BCUT2D eigenvalue weighted by Gasteiger charge is -2.05. The molecule has 5 heteroatoms. The molecule has 0 aliphatic rings. The standard InChI is InChI=1S/C15H19N3O2/c1-20-14-5-2-12(3-6-14)4-7-15(19)16-10-8-13-9-11-17-18-13/h2-3,5-6,9,11H,4,7-8,10H2,1H3,(H,16,19)(H,17,18). The second-order valence-corrected chi connectivity index (χ2v) is 4.53. The molecule has 0 radical (unpaired) electrons. The average Bonchev–Trinajstić information content (AvgIpc) is 2.99. The Balaban J connectivity index is 1.66. The van der Waals surface area contributed by atoms with Crippen molar-refractivity contribution in [3.05, 3.63) is 47.8 Å². The molecule has 0 fully saturated rings. The molecule has 1 heterocycles. The summed E-state index contributed by atoms with van der Waals surface area (Å²) in [6, 6.07) is 9.69. The van der Waals surface area contributed by atoms with Crippen LogP contribution in [-0.2, 0) is 17.6 Å². The largest absolute Gasteiger partial charge is 0.497 e. The second kappa shape index (κ2) is 7.33. The monoisotopic (exact) mass is 273 g/mol. The summed E-state index contributed by atoms with van der Waals surface area (Å²) in [6.07, 6.45) is 3.71. The summed E-state index contributed by atoms with van der Waals surface area (Å²) in [5.41, 5.74) is 2.16. The van der Waals surface area contributed by atoms with Gasteiger partial charge in [0.25, 0.3) is 0 Å². The first-order valence-electron chi connectivity index (χ1n) is 6.66. The van der Waals surface area contributed by atoms with Crippen LogP contribution in [0.15, 0.2) is 36.5 Å². The Morgan fingerprint density at radius 3 is 2.70 bits per heavy atom. The number of nitrogens with zero attached hydrogens (tertiary/aromatic N) is 1. The van der Waals surface area contributed by atoms with Gasteiger partial charge >= 0.3 is 0 Å². The van der Waals surface area contributed by atoms with Crippen molar-refractivity contribution in [2.24, 2.45) is 0 Å². The fourth-order valence-corrected chi connectivity index (χ4v) is 1.90. The van der Waals surface area contributed by atoms with E-state index < -0.39 is 0 Å². The summed E-state index contributed by atoms with van der Waals surface area (Å²) in [4.78, 5) is 11.7. The molecule has 1 amide bonds. The molecule has 2 aromatic rings. The van der Waals surface area contributed by atoms with E-state index in [2.05, 4.69) is 15.5 Å². The Morgan fingerprint density at radius 2 is 2.05 bits per heavy atom. The van der Waals surface area contributed by atoms with Crippen LogP contribution in [0.2, 0.25) is 0 Å². The predicted molar refractivity (Wildman–Crippen MR) is 76.6 cm³/mol. The minimum absolute atomic E-state index is 0.0698. The first-order chi connectivity index (χ1) is 9.78. The molecular formula is C15H19N3O2. The zero-order chi connectivity index (χ0) is 14.2. The van der Waals surface area contributed by atoms with Crippen molar-refractivity contribution >= 4 is 5.91 Å². The van der Waals surface area contributed by atoms with Crippen molar-refractivity contribution in [1.29, 1.82) is 0 Å². The van der Waals surface area contributed by atoms with Gasteiger partial charge in [-0.2, -0.15) is 5.10 Å². The Kier molecular flexibility index (Phi) is 5.17. The highest BCUT2D eigenvalue weighted by atomic mass is 16.5. The first-order valence-corrected chi connectivity index (χ1v) is 6.66. The summed E-state index contributed by atoms with van der Waals surface area (Å²) < 4.78 is 5.10. The lowest BCUT2D eigenvalue weighted by Crippen LogP contribution is -2.25. The summed E-state index contributed by atoms with van der Waals surface area (Å²) in [5.74, 6) is 0.901. The molecule has 2 N–H and O–H groups in total. The molecule has 0 aliphatic heterocycles. The number of hydrogen-bond acceptors (Lipinski definition) is 3. The van der Waals surface area contributed by atoms with E-state index in [4.69, 9.17) is 4.74 Å². The highest BCUT2D eigenvalue weighted by Gasteiger charge is 2.03. The summed E-state index contributed by atoms with van der Waals surface area (Å²) >= 11 is 0. The van der Waals surface area contributed by atoms with Crippen LogP contribution in [0.4, 0.5) is 0 Å². The van der Waals surface area contributed by atoms with Crippen molar-refractivity contribution in [1.82, 2.24) is 15.5 Å². The Hall–Kier alpha value is -2.30. The number of H-pyrrole nitrogens is 1. The average molecular weight is 273 g/mol. The lowest BCUT2D eigenvalue weighted by molar-refractivity contribution is -0.121. The van der Waals surface area contributed by atoms with Gasteiger partial charge in [-0.25, -0.2) is 0 Å². The number of aryl methyl sites for hydroxylation is 1. The van der Waals surface area contributed by atoms with Crippen molar-refractivity contribution in [3.63, 3.8) is 0 Å². The molecule has 20 heavy (non-hydrogen) atoms. The molecular weight excluding hydrogens is 254 g/mol. The van der Waals surface area contributed by atoms with Crippen LogP contribution < -0.4 is 10.1 Å². The number of amides is 1. The number of carbonyl (C=O) groups is 1. The Labute approximate surface area is 118 Å². The fourth-order valence-electron chi connectivity index (χ4n) is 1.90. The molecule has 106 valence electrons. The van der Waals surface area contributed by atoms with Gasteiger partial charge in [-0.1, -0.05) is 12.1 Å². The van der Waals surface area contributed by atoms with Crippen LogP contribution in [-0.4, -0.2) is 29.8 Å². The smallest absolute Gasteiger partial charge is 0.220 e. The summed E-state index contributed by atoms with van der Waals surface area (Å²) in [6.45, 7) is 0.629. The van der Waals surface area contributed by atoms with Crippen LogP contribution in [0, 0.1) is 0 Å². The van der Waals surface area contributed by atoms with Crippen molar-refractivity contribution in [3.8, 4) is 5.75 Å². The zero-order valence-corrected chi connectivity index (χ0v) is 11.6. The lowest BCUT2D eigenvalue weighted by atomic mass is 10.1. The molecule has 1 aromatic carbocycles. The van der Waals surface area contributed by atoms with Gasteiger partial charge in [0.15, 0.2) is 0 Å². The van der Waals surface area contributed by atoms with E-state index in [-0.39, 0.29) is 5.91 Å². The molecule has 5 nitrogen and oxygen atoms in total. The highest BCUT2D eigenvalue weighted by Crippen LogP contribution is 2.12. The van der Waals surface area contributed by atoms with Crippen LogP contribution >= 0.6 is 0 Å². The van der Waals surface area contributed by atoms with Gasteiger partial charge in [0.1, 0.15) is 5.75 Å². The van der Waals surface area contributed by atoms with E-state index in [1.54, 1.807) is 13.3 Å². The molecule has 0 saturated heterocycles. The van der Waals surface area contributed by atoms with E-state index in [9.17, 15) is 4.79 Å². The molecule has 0 aliphatic carbocycles. The maximum absolute atomic E-state index is 11.7. The van der Waals surface area contributed by atoms with E-state index in [0.29, 0.717) is 13.0 Å². The Morgan fingerprint density at radius 1 is 1.25 bits per heavy atom. The van der Waals surface area contributed by atoms with Gasteiger partial charge in [0.2, 0.25) is 5.91 Å². The molecule has 2 rings (SSSR count). The number of benzene rings is 1. The zero-order valence-electron chi connectivity index (χ0n) is 11.6. The first kappa shape index (κ1) is 14.1. The van der Waals surface area contributed by atoms with Crippen LogP contribution in [0.5, 0.6) is 5.75 Å². The number of aromatic amines is 1. The van der Waals surface area contributed by atoms with Gasteiger partial charge in [0.05, 0.1) is 7.11 Å². The number of carbonyl (C=O) groups excluding carboxylic acids is 1. The van der Waals surface area contributed by atoms with Gasteiger partial charge in [-0.05, 0) is 30.2 Å². The number of methoxy groups -OCH3 is 1. The number of ether oxygens (including phenoxy) is 1. The third-order valence-electron chi connectivity index (χ3n) is 3.07. The van der Waals surface area contributed by atoms with Gasteiger partial charge in [-0.3, -0.25) is 9.89 Å². The van der Waals surface area contributed by atoms with Crippen LogP contribution in [0.3, 0.4) is 0 Å². The van der Waals surface area contributed by atoms with Crippen molar-refractivity contribution in [2.75, 3.05) is 13.7 Å². The van der Waals surface area contributed by atoms with Crippen molar-refractivity contribution < 1.29 is 9.53 Å². The summed E-state index contributed by atoms with van der Waals surface area (Å²) in [5, 5.41) is 9.63. The fraction of sp³-hybridized carbons (Fsp3) is 0.333. The third-order valence-corrected chi connectivity index (χ3v) is 3.07.